The van der Waals surface area contributed by atoms with Gasteiger partial charge in [-0.25, -0.2) is 9.59 Å². The first-order valence-corrected chi connectivity index (χ1v) is 7.12. The fourth-order valence-electron chi connectivity index (χ4n) is 2.10. The van der Waals surface area contributed by atoms with Crippen LogP contribution in [-0.2, 0) is 16.0 Å². The molecule has 1 aromatic rings. The molecule has 1 saturated carbocycles. The van der Waals surface area contributed by atoms with Gasteiger partial charge in [-0.3, -0.25) is 0 Å². The number of likely N-dealkylation sites (N-methyl/N-ethyl adjacent to an activating group) is 1. The van der Waals surface area contributed by atoms with Crippen molar-refractivity contribution in [1.29, 1.82) is 0 Å². The van der Waals surface area contributed by atoms with Crippen LogP contribution in [0.3, 0.4) is 0 Å². The standard InChI is InChI=1S/C12H17N3O.C2H2O4/c1-15-6-2-3-10(8-15)12-13-11(14-16-12)7-9-4-5-9;3-1(4)2(5)6/h3,9H,2,4-8H2,1H3;(H,3,4)(H,5,6). The number of carboxylic acids is 2. The lowest BCUT2D eigenvalue weighted by Crippen LogP contribution is -2.25. The number of hydrogen-bond acceptors (Lipinski definition) is 6. The first-order valence-electron chi connectivity index (χ1n) is 7.12. The molecule has 1 aliphatic carbocycles. The maximum atomic E-state index is 9.10. The molecule has 0 saturated heterocycles. The van der Waals surface area contributed by atoms with Gasteiger partial charge >= 0.3 is 11.9 Å². The Balaban J connectivity index is 0.000000254. The van der Waals surface area contributed by atoms with Gasteiger partial charge in [-0.2, -0.15) is 4.98 Å². The van der Waals surface area contributed by atoms with E-state index in [2.05, 4.69) is 28.2 Å². The predicted octanol–water partition coefficient (Wildman–Crippen LogP) is 0.897. The molecule has 0 amide bonds. The SMILES string of the molecule is CN1CCC=C(c2nc(CC3CC3)no2)C1.O=C(O)C(=O)O. The van der Waals surface area contributed by atoms with Gasteiger partial charge in [0.25, 0.3) is 5.89 Å². The summed E-state index contributed by atoms with van der Waals surface area (Å²) >= 11 is 0. The van der Waals surface area contributed by atoms with E-state index >= 15 is 0 Å². The van der Waals surface area contributed by atoms with E-state index in [0.29, 0.717) is 0 Å². The lowest BCUT2D eigenvalue weighted by atomic mass is 10.1. The molecule has 2 aliphatic rings. The van der Waals surface area contributed by atoms with Crippen LogP contribution in [0.4, 0.5) is 0 Å². The summed E-state index contributed by atoms with van der Waals surface area (Å²) in [4.78, 5) is 25.0. The lowest BCUT2D eigenvalue weighted by molar-refractivity contribution is -0.159. The van der Waals surface area contributed by atoms with Crippen LogP contribution in [0.1, 0.15) is 31.0 Å². The molecule has 1 aliphatic heterocycles. The quantitative estimate of drug-likeness (QED) is 0.791. The molecule has 0 aromatic carbocycles. The van der Waals surface area contributed by atoms with Gasteiger partial charge in [0.05, 0.1) is 0 Å². The van der Waals surface area contributed by atoms with Crippen LogP contribution in [0, 0.1) is 5.92 Å². The van der Waals surface area contributed by atoms with Gasteiger partial charge in [-0.05, 0) is 32.2 Å². The van der Waals surface area contributed by atoms with Crippen molar-refractivity contribution in [1.82, 2.24) is 15.0 Å². The van der Waals surface area contributed by atoms with Gasteiger partial charge < -0.3 is 19.6 Å². The van der Waals surface area contributed by atoms with Gasteiger partial charge in [-0.15, -0.1) is 0 Å². The smallest absolute Gasteiger partial charge is 0.414 e. The second kappa shape index (κ2) is 7.17. The molecule has 1 fully saturated rings. The molecular weight excluding hydrogens is 290 g/mol. The van der Waals surface area contributed by atoms with E-state index in [1.165, 1.54) is 18.4 Å². The van der Waals surface area contributed by atoms with Crippen molar-refractivity contribution in [2.45, 2.75) is 25.7 Å². The molecule has 8 nitrogen and oxygen atoms in total. The molecule has 2 N–H and O–H groups in total. The van der Waals surface area contributed by atoms with Gasteiger partial charge in [0, 0.05) is 25.1 Å². The normalized spacial score (nSPS) is 18.1. The molecule has 0 atom stereocenters. The predicted molar refractivity (Wildman–Crippen MR) is 76.1 cm³/mol. The summed E-state index contributed by atoms with van der Waals surface area (Å²) in [5, 5.41) is 18.8. The molecule has 3 rings (SSSR count). The van der Waals surface area contributed by atoms with Gasteiger partial charge in [0.1, 0.15) is 0 Å². The van der Waals surface area contributed by atoms with Crippen molar-refractivity contribution in [3.63, 3.8) is 0 Å². The second-order valence-corrected chi connectivity index (χ2v) is 5.53. The molecule has 2 heterocycles. The third-order valence-electron chi connectivity index (χ3n) is 3.44. The minimum absolute atomic E-state index is 0.724. The zero-order valence-electron chi connectivity index (χ0n) is 12.4. The van der Waals surface area contributed by atoms with E-state index < -0.39 is 11.9 Å². The van der Waals surface area contributed by atoms with E-state index in [0.717, 1.165) is 43.6 Å². The van der Waals surface area contributed by atoms with Crippen LogP contribution in [0.5, 0.6) is 0 Å². The average molecular weight is 309 g/mol. The average Bonchev–Trinajstić information content (AvgIpc) is 3.15. The number of aliphatic carboxylic acids is 2. The highest BCUT2D eigenvalue weighted by Gasteiger charge is 2.24. The number of aromatic nitrogens is 2. The highest BCUT2D eigenvalue weighted by atomic mass is 16.5. The van der Waals surface area contributed by atoms with Gasteiger partial charge in [0.15, 0.2) is 5.82 Å². The summed E-state index contributed by atoms with van der Waals surface area (Å²) in [6.45, 7) is 2.04. The van der Waals surface area contributed by atoms with E-state index in [9.17, 15) is 0 Å². The highest BCUT2D eigenvalue weighted by molar-refractivity contribution is 6.27. The van der Waals surface area contributed by atoms with Gasteiger partial charge in [-0.1, -0.05) is 11.2 Å². The summed E-state index contributed by atoms with van der Waals surface area (Å²) < 4.78 is 5.33. The summed E-state index contributed by atoms with van der Waals surface area (Å²) in [5.41, 5.74) is 1.18. The van der Waals surface area contributed by atoms with Gasteiger partial charge in [0.2, 0.25) is 0 Å². The number of carboxylic acid groups (broad SMARTS) is 2. The topological polar surface area (TPSA) is 117 Å². The third-order valence-corrected chi connectivity index (χ3v) is 3.44. The Bertz CT molecular complexity index is 565. The monoisotopic (exact) mass is 309 g/mol. The van der Waals surface area contributed by atoms with Crippen molar-refractivity contribution >= 4 is 17.5 Å². The molecule has 0 spiro atoms. The fraction of sp³-hybridized carbons (Fsp3) is 0.571. The van der Waals surface area contributed by atoms with Crippen molar-refractivity contribution in [3.8, 4) is 0 Å². The fourth-order valence-corrected chi connectivity index (χ4v) is 2.10. The Labute approximate surface area is 127 Å². The number of rotatable bonds is 3. The highest BCUT2D eigenvalue weighted by Crippen LogP contribution is 2.32. The number of nitrogens with zero attached hydrogens (tertiary/aromatic N) is 3. The Hall–Kier alpha value is -2.22. The lowest BCUT2D eigenvalue weighted by Gasteiger charge is -2.20. The molecule has 0 bridgehead atoms. The molecule has 120 valence electrons. The van der Waals surface area contributed by atoms with E-state index in [1.54, 1.807) is 0 Å². The molecule has 22 heavy (non-hydrogen) atoms. The molecule has 8 heteroatoms. The first-order chi connectivity index (χ1) is 10.5. The third kappa shape index (κ3) is 4.96. The van der Waals surface area contributed by atoms with Crippen molar-refractivity contribution in [2.24, 2.45) is 5.92 Å². The summed E-state index contributed by atoms with van der Waals surface area (Å²) in [6.07, 6.45) is 6.94. The van der Waals surface area contributed by atoms with E-state index in [4.69, 9.17) is 24.3 Å². The second-order valence-electron chi connectivity index (χ2n) is 5.53. The minimum atomic E-state index is -1.82. The van der Waals surface area contributed by atoms with Crippen molar-refractivity contribution in [3.05, 3.63) is 17.8 Å². The van der Waals surface area contributed by atoms with Crippen LogP contribution in [0.2, 0.25) is 0 Å². The Kier molecular flexibility index (Phi) is 5.26. The number of carbonyl (C=O) groups is 2. The Morgan fingerprint density at radius 1 is 1.36 bits per heavy atom. The van der Waals surface area contributed by atoms with Crippen LogP contribution >= 0.6 is 0 Å². The Morgan fingerprint density at radius 3 is 2.59 bits per heavy atom. The van der Waals surface area contributed by atoms with Crippen LogP contribution < -0.4 is 0 Å². The van der Waals surface area contributed by atoms with Crippen molar-refractivity contribution < 1.29 is 24.3 Å². The van der Waals surface area contributed by atoms with Crippen LogP contribution in [0.15, 0.2) is 10.6 Å². The molecular formula is C14H19N3O5. The van der Waals surface area contributed by atoms with Crippen molar-refractivity contribution in [2.75, 3.05) is 20.1 Å². The maximum absolute atomic E-state index is 9.10. The Morgan fingerprint density at radius 2 is 2.05 bits per heavy atom. The van der Waals surface area contributed by atoms with E-state index in [1.807, 2.05) is 0 Å². The summed E-state index contributed by atoms with van der Waals surface area (Å²) in [6, 6.07) is 0. The maximum Gasteiger partial charge on any atom is 0.414 e. The largest absolute Gasteiger partial charge is 0.473 e. The molecule has 0 radical (unpaired) electrons. The summed E-state index contributed by atoms with van der Waals surface area (Å²) in [5.74, 6) is -1.23. The van der Waals surface area contributed by atoms with E-state index in [-0.39, 0.29) is 0 Å². The number of hydrogen-bond donors (Lipinski definition) is 2. The molecule has 0 unspecified atom stereocenters. The van der Waals surface area contributed by atoms with Crippen LogP contribution in [-0.4, -0.2) is 57.3 Å². The zero-order chi connectivity index (χ0) is 16.1. The van der Waals surface area contributed by atoms with Crippen LogP contribution in [0.25, 0.3) is 5.57 Å². The molecule has 1 aromatic heterocycles. The summed E-state index contributed by atoms with van der Waals surface area (Å²) in [7, 11) is 2.12. The zero-order valence-corrected chi connectivity index (χ0v) is 12.4. The minimum Gasteiger partial charge on any atom is -0.473 e. The first kappa shape index (κ1) is 16.2.